The highest BCUT2D eigenvalue weighted by Gasteiger charge is 2.23. The van der Waals surface area contributed by atoms with Crippen molar-refractivity contribution in [2.24, 2.45) is 5.92 Å². The summed E-state index contributed by atoms with van der Waals surface area (Å²) in [6, 6.07) is 4.78. The fourth-order valence-electron chi connectivity index (χ4n) is 1.89. The van der Waals surface area contributed by atoms with Crippen molar-refractivity contribution in [3.63, 3.8) is 0 Å². The van der Waals surface area contributed by atoms with E-state index in [0.717, 1.165) is 18.5 Å². The summed E-state index contributed by atoms with van der Waals surface area (Å²) >= 11 is 0. The molecule has 0 aliphatic carbocycles. The third-order valence-electron chi connectivity index (χ3n) is 2.90. The fourth-order valence-corrected chi connectivity index (χ4v) is 1.89. The van der Waals surface area contributed by atoms with Crippen molar-refractivity contribution in [2.75, 3.05) is 18.4 Å². The van der Waals surface area contributed by atoms with Gasteiger partial charge in [0.25, 0.3) is 0 Å². The van der Waals surface area contributed by atoms with E-state index in [1.807, 2.05) is 0 Å². The standard InChI is InChI=1S/C12H15FN2O/c1-8-3-2-4-10(13)11(8)15-12(16)9-5-6-14-7-9/h2-4,9,14H,5-7H2,1H3,(H,15,16). The Labute approximate surface area is 94.0 Å². The zero-order valence-electron chi connectivity index (χ0n) is 9.22. The summed E-state index contributed by atoms with van der Waals surface area (Å²) in [7, 11) is 0. The van der Waals surface area contributed by atoms with Crippen molar-refractivity contribution in [1.29, 1.82) is 0 Å². The van der Waals surface area contributed by atoms with Crippen LogP contribution in [0.1, 0.15) is 12.0 Å². The van der Waals surface area contributed by atoms with Gasteiger partial charge in [-0.05, 0) is 31.5 Å². The molecule has 1 saturated heterocycles. The number of hydrogen-bond acceptors (Lipinski definition) is 2. The Kier molecular flexibility index (Phi) is 3.19. The number of para-hydroxylation sites is 1. The predicted molar refractivity (Wildman–Crippen MR) is 60.7 cm³/mol. The maximum absolute atomic E-state index is 13.5. The first-order valence-corrected chi connectivity index (χ1v) is 5.45. The fraction of sp³-hybridized carbons (Fsp3) is 0.417. The van der Waals surface area contributed by atoms with Gasteiger partial charge in [0.15, 0.2) is 0 Å². The lowest BCUT2D eigenvalue weighted by atomic mass is 10.1. The molecule has 0 bridgehead atoms. The Morgan fingerprint density at radius 2 is 2.38 bits per heavy atom. The maximum Gasteiger partial charge on any atom is 0.228 e. The average molecular weight is 222 g/mol. The molecular formula is C12H15FN2O. The van der Waals surface area contributed by atoms with Crippen molar-refractivity contribution >= 4 is 11.6 Å². The largest absolute Gasteiger partial charge is 0.323 e. The molecule has 1 unspecified atom stereocenters. The number of carbonyl (C=O) groups is 1. The van der Waals surface area contributed by atoms with Gasteiger partial charge in [0.2, 0.25) is 5.91 Å². The number of anilines is 1. The Morgan fingerprint density at radius 1 is 1.56 bits per heavy atom. The van der Waals surface area contributed by atoms with Crippen LogP contribution in [-0.4, -0.2) is 19.0 Å². The predicted octanol–water partition coefficient (Wildman–Crippen LogP) is 1.68. The SMILES string of the molecule is Cc1cccc(F)c1NC(=O)C1CCNC1. The first-order chi connectivity index (χ1) is 7.68. The van der Waals surface area contributed by atoms with Gasteiger partial charge in [-0.25, -0.2) is 4.39 Å². The quantitative estimate of drug-likeness (QED) is 0.799. The minimum Gasteiger partial charge on any atom is -0.323 e. The minimum absolute atomic E-state index is 0.0426. The second-order valence-electron chi connectivity index (χ2n) is 4.11. The second kappa shape index (κ2) is 4.61. The Balaban J connectivity index is 2.11. The summed E-state index contributed by atoms with van der Waals surface area (Å²) < 4.78 is 13.5. The molecule has 2 rings (SSSR count). The number of aryl methyl sites for hydroxylation is 1. The van der Waals surface area contributed by atoms with Crippen LogP contribution in [0.4, 0.5) is 10.1 Å². The van der Waals surface area contributed by atoms with Crippen molar-refractivity contribution < 1.29 is 9.18 Å². The number of rotatable bonds is 2. The van der Waals surface area contributed by atoms with Crippen LogP contribution in [0.3, 0.4) is 0 Å². The van der Waals surface area contributed by atoms with Gasteiger partial charge in [-0.2, -0.15) is 0 Å². The molecule has 86 valence electrons. The first-order valence-electron chi connectivity index (χ1n) is 5.45. The van der Waals surface area contributed by atoms with Crippen LogP contribution in [0.15, 0.2) is 18.2 Å². The van der Waals surface area contributed by atoms with Gasteiger partial charge in [-0.1, -0.05) is 12.1 Å². The van der Waals surface area contributed by atoms with Crippen LogP contribution in [0.25, 0.3) is 0 Å². The van der Waals surface area contributed by atoms with Crippen LogP contribution in [-0.2, 0) is 4.79 Å². The maximum atomic E-state index is 13.5. The summed E-state index contributed by atoms with van der Waals surface area (Å²) in [4.78, 5) is 11.8. The van der Waals surface area contributed by atoms with E-state index in [4.69, 9.17) is 0 Å². The lowest BCUT2D eigenvalue weighted by Crippen LogP contribution is -2.25. The van der Waals surface area contributed by atoms with E-state index in [1.54, 1.807) is 19.1 Å². The molecular weight excluding hydrogens is 207 g/mol. The van der Waals surface area contributed by atoms with Gasteiger partial charge in [0, 0.05) is 6.54 Å². The molecule has 1 amide bonds. The molecule has 1 fully saturated rings. The Hall–Kier alpha value is -1.42. The molecule has 4 heteroatoms. The molecule has 0 spiro atoms. The molecule has 16 heavy (non-hydrogen) atoms. The van der Waals surface area contributed by atoms with Crippen molar-refractivity contribution in [3.05, 3.63) is 29.6 Å². The number of amides is 1. The van der Waals surface area contributed by atoms with E-state index in [-0.39, 0.29) is 17.6 Å². The number of hydrogen-bond donors (Lipinski definition) is 2. The van der Waals surface area contributed by atoms with Gasteiger partial charge >= 0.3 is 0 Å². The van der Waals surface area contributed by atoms with E-state index in [9.17, 15) is 9.18 Å². The van der Waals surface area contributed by atoms with E-state index in [2.05, 4.69) is 10.6 Å². The monoisotopic (exact) mass is 222 g/mol. The Bertz CT molecular complexity index is 380. The van der Waals surface area contributed by atoms with E-state index in [0.29, 0.717) is 12.2 Å². The lowest BCUT2D eigenvalue weighted by Gasteiger charge is -2.12. The van der Waals surface area contributed by atoms with E-state index >= 15 is 0 Å². The van der Waals surface area contributed by atoms with E-state index < -0.39 is 0 Å². The van der Waals surface area contributed by atoms with Crippen LogP contribution in [0, 0.1) is 18.7 Å². The summed E-state index contributed by atoms with van der Waals surface area (Å²) in [6.45, 7) is 3.32. The molecule has 2 N–H and O–H groups in total. The molecule has 3 nitrogen and oxygen atoms in total. The number of halogens is 1. The van der Waals surface area contributed by atoms with Crippen LogP contribution in [0.2, 0.25) is 0 Å². The van der Waals surface area contributed by atoms with Crippen LogP contribution < -0.4 is 10.6 Å². The van der Waals surface area contributed by atoms with Gasteiger partial charge in [-0.3, -0.25) is 4.79 Å². The zero-order valence-corrected chi connectivity index (χ0v) is 9.22. The first kappa shape index (κ1) is 11.1. The van der Waals surface area contributed by atoms with Crippen molar-refractivity contribution in [3.8, 4) is 0 Å². The van der Waals surface area contributed by atoms with Crippen LogP contribution >= 0.6 is 0 Å². The highest BCUT2D eigenvalue weighted by atomic mass is 19.1. The lowest BCUT2D eigenvalue weighted by molar-refractivity contribution is -0.119. The highest BCUT2D eigenvalue weighted by molar-refractivity contribution is 5.93. The summed E-state index contributed by atoms with van der Waals surface area (Å²) in [6.07, 6.45) is 0.819. The third-order valence-corrected chi connectivity index (χ3v) is 2.90. The minimum atomic E-state index is -0.376. The Morgan fingerprint density at radius 3 is 3.00 bits per heavy atom. The molecule has 0 saturated carbocycles. The van der Waals surface area contributed by atoms with Gasteiger partial charge in [0.05, 0.1) is 11.6 Å². The van der Waals surface area contributed by atoms with Gasteiger partial charge < -0.3 is 10.6 Å². The second-order valence-corrected chi connectivity index (χ2v) is 4.11. The topological polar surface area (TPSA) is 41.1 Å². The highest BCUT2D eigenvalue weighted by Crippen LogP contribution is 2.20. The molecule has 0 aromatic heterocycles. The molecule has 1 aliphatic rings. The number of nitrogens with one attached hydrogen (secondary N) is 2. The molecule has 1 atom stereocenters. The molecule has 1 aromatic rings. The third kappa shape index (κ3) is 2.22. The molecule has 1 heterocycles. The molecule has 1 aliphatic heterocycles. The zero-order chi connectivity index (χ0) is 11.5. The normalized spacial score (nSPS) is 19.8. The van der Waals surface area contributed by atoms with Crippen LogP contribution in [0.5, 0.6) is 0 Å². The number of benzene rings is 1. The average Bonchev–Trinajstić information content (AvgIpc) is 2.76. The summed E-state index contributed by atoms with van der Waals surface area (Å²) in [5, 5.41) is 5.78. The van der Waals surface area contributed by atoms with Gasteiger partial charge in [0.1, 0.15) is 5.82 Å². The van der Waals surface area contributed by atoms with Crippen molar-refractivity contribution in [2.45, 2.75) is 13.3 Å². The van der Waals surface area contributed by atoms with Gasteiger partial charge in [-0.15, -0.1) is 0 Å². The van der Waals surface area contributed by atoms with Crippen molar-refractivity contribution in [1.82, 2.24) is 5.32 Å². The smallest absolute Gasteiger partial charge is 0.228 e. The molecule has 0 radical (unpaired) electrons. The van der Waals surface area contributed by atoms with E-state index in [1.165, 1.54) is 6.07 Å². The summed E-state index contributed by atoms with van der Waals surface area (Å²) in [5.41, 5.74) is 1.05. The molecule has 1 aromatic carbocycles. The summed E-state index contributed by atoms with van der Waals surface area (Å²) in [5.74, 6) is -0.517. The number of carbonyl (C=O) groups excluding carboxylic acids is 1.